The van der Waals surface area contributed by atoms with E-state index in [9.17, 15) is 0 Å². The molecule has 0 saturated carbocycles. The van der Waals surface area contributed by atoms with Gasteiger partial charge >= 0.3 is 0 Å². The third-order valence-electron chi connectivity index (χ3n) is 4.21. The largest absolute Gasteiger partial charge is 0.370 e. The molecule has 3 nitrogen and oxygen atoms in total. The number of nitrogens with two attached hydrogens (primary N) is 1. The quantitative estimate of drug-likeness (QED) is 0.918. The molecule has 2 N–H and O–H groups in total. The standard InChI is InChI=1S/C19H23N3/c20-19-21-18(17-11-5-2-6-12-17)13-15-22(19)14-7-10-16-8-3-1-4-9-16/h1-6,8-9,11-12,18H,7,10,13-15H2,(H2,20,21). The summed E-state index contributed by atoms with van der Waals surface area (Å²) in [6.45, 7) is 1.97. The van der Waals surface area contributed by atoms with E-state index in [0.717, 1.165) is 32.4 Å². The second-order valence-electron chi connectivity index (χ2n) is 5.78. The van der Waals surface area contributed by atoms with Crippen molar-refractivity contribution in [1.82, 2.24) is 4.90 Å². The number of aliphatic imine (C=N–C) groups is 1. The molecule has 22 heavy (non-hydrogen) atoms. The Bertz CT molecular complexity index is 607. The average Bonchev–Trinajstić information content (AvgIpc) is 2.58. The van der Waals surface area contributed by atoms with Crippen LogP contribution in [0.3, 0.4) is 0 Å². The third kappa shape index (κ3) is 3.67. The summed E-state index contributed by atoms with van der Waals surface area (Å²) >= 11 is 0. The van der Waals surface area contributed by atoms with E-state index < -0.39 is 0 Å². The van der Waals surface area contributed by atoms with Crippen LogP contribution in [0.1, 0.15) is 30.0 Å². The van der Waals surface area contributed by atoms with Gasteiger partial charge in [-0.2, -0.15) is 0 Å². The molecule has 1 unspecified atom stereocenters. The van der Waals surface area contributed by atoms with E-state index in [1.165, 1.54) is 11.1 Å². The molecule has 0 bridgehead atoms. The van der Waals surface area contributed by atoms with Crippen LogP contribution in [0.25, 0.3) is 0 Å². The minimum atomic E-state index is 0.214. The number of benzene rings is 2. The lowest BCUT2D eigenvalue weighted by Gasteiger charge is -2.30. The van der Waals surface area contributed by atoms with E-state index >= 15 is 0 Å². The molecule has 0 amide bonds. The van der Waals surface area contributed by atoms with Gasteiger partial charge in [-0.05, 0) is 30.4 Å². The molecule has 0 radical (unpaired) electrons. The van der Waals surface area contributed by atoms with Gasteiger partial charge in [-0.15, -0.1) is 0 Å². The molecular formula is C19H23N3. The lowest BCUT2D eigenvalue weighted by Crippen LogP contribution is -2.42. The number of rotatable bonds is 5. The molecule has 0 fully saturated rings. The molecule has 0 aliphatic carbocycles. The highest BCUT2D eigenvalue weighted by molar-refractivity contribution is 5.79. The number of hydrogen-bond donors (Lipinski definition) is 1. The zero-order chi connectivity index (χ0) is 15.2. The third-order valence-corrected chi connectivity index (χ3v) is 4.21. The van der Waals surface area contributed by atoms with Gasteiger partial charge in [0.25, 0.3) is 0 Å². The van der Waals surface area contributed by atoms with E-state index in [1.54, 1.807) is 0 Å². The lowest BCUT2D eigenvalue weighted by atomic mass is 10.0. The summed E-state index contributed by atoms with van der Waals surface area (Å²) < 4.78 is 0. The van der Waals surface area contributed by atoms with Gasteiger partial charge in [0.05, 0.1) is 6.04 Å². The summed E-state index contributed by atoms with van der Waals surface area (Å²) in [5.41, 5.74) is 8.81. The van der Waals surface area contributed by atoms with Crippen molar-refractivity contribution in [3.63, 3.8) is 0 Å². The van der Waals surface area contributed by atoms with Gasteiger partial charge in [-0.1, -0.05) is 60.7 Å². The Labute approximate surface area is 132 Å². The fourth-order valence-corrected chi connectivity index (χ4v) is 2.96. The molecule has 3 heteroatoms. The molecule has 2 aromatic carbocycles. The van der Waals surface area contributed by atoms with Crippen molar-refractivity contribution < 1.29 is 0 Å². The molecule has 0 saturated heterocycles. The highest BCUT2D eigenvalue weighted by Gasteiger charge is 2.20. The summed E-state index contributed by atoms with van der Waals surface area (Å²) in [5.74, 6) is 0.688. The van der Waals surface area contributed by atoms with E-state index in [-0.39, 0.29) is 6.04 Å². The highest BCUT2D eigenvalue weighted by atomic mass is 15.3. The van der Waals surface area contributed by atoms with Gasteiger partial charge in [0.2, 0.25) is 0 Å². The highest BCUT2D eigenvalue weighted by Crippen LogP contribution is 2.24. The summed E-state index contributed by atoms with van der Waals surface area (Å²) in [7, 11) is 0. The van der Waals surface area contributed by atoms with Crippen LogP contribution in [0.4, 0.5) is 0 Å². The predicted octanol–water partition coefficient (Wildman–Crippen LogP) is 3.38. The molecule has 3 rings (SSSR count). The number of hydrogen-bond acceptors (Lipinski definition) is 3. The van der Waals surface area contributed by atoms with Gasteiger partial charge < -0.3 is 10.6 Å². The SMILES string of the molecule is NC1=NC(c2ccccc2)CCN1CCCc1ccccc1. The number of aryl methyl sites for hydroxylation is 1. The Morgan fingerprint density at radius 3 is 2.36 bits per heavy atom. The van der Waals surface area contributed by atoms with Crippen molar-refractivity contribution >= 4 is 5.96 Å². The Balaban J connectivity index is 1.54. The number of nitrogens with zero attached hydrogens (tertiary/aromatic N) is 2. The Kier molecular flexibility index (Phi) is 4.74. The first-order chi connectivity index (χ1) is 10.8. The van der Waals surface area contributed by atoms with Crippen LogP contribution in [-0.2, 0) is 6.42 Å². The minimum Gasteiger partial charge on any atom is -0.370 e. The summed E-state index contributed by atoms with van der Waals surface area (Å²) in [4.78, 5) is 6.89. The Morgan fingerprint density at radius 1 is 1.00 bits per heavy atom. The molecule has 2 aromatic rings. The van der Waals surface area contributed by atoms with Crippen LogP contribution in [0.2, 0.25) is 0 Å². The first-order valence-electron chi connectivity index (χ1n) is 8.00. The maximum Gasteiger partial charge on any atom is 0.191 e. The summed E-state index contributed by atoms with van der Waals surface area (Å²) in [5, 5.41) is 0. The number of guanidine groups is 1. The Morgan fingerprint density at radius 2 is 1.68 bits per heavy atom. The van der Waals surface area contributed by atoms with Crippen LogP contribution in [0, 0.1) is 0 Å². The topological polar surface area (TPSA) is 41.6 Å². The first kappa shape index (κ1) is 14.6. The second-order valence-corrected chi connectivity index (χ2v) is 5.78. The molecule has 1 atom stereocenters. The van der Waals surface area contributed by atoms with Crippen molar-refractivity contribution in [1.29, 1.82) is 0 Å². The van der Waals surface area contributed by atoms with Gasteiger partial charge in [-0.3, -0.25) is 0 Å². The van der Waals surface area contributed by atoms with Crippen LogP contribution < -0.4 is 5.73 Å². The predicted molar refractivity (Wildman–Crippen MR) is 91.8 cm³/mol. The zero-order valence-electron chi connectivity index (χ0n) is 12.9. The summed E-state index contributed by atoms with van der Waals surface area (Å²) in [6.07, 6.45) is 3.24. The van der Waals surface area contributed by atoms with Crippen molar-refractivity contribution in [2.24, 2.45) is 10.7 Å². The Hall–Kier alpha value is -2.29. The molecule has 1 heterocycles. The fraction of sp³-hybridized carbons (Fsp3) is 0.316. The maximum atomic E-state index is 6.16. The molecule has 1 aliphatic heterocycles. The van der Waals surface area contributed by atoms with Crippen LogP contribution in [-0.4, -0.2) is 23.9 Å². The van der Waals surface area contributed by atoms with Crippen LogP contribution in [0.5, 0.6) is 0 Å². The van der Waals surface area contributed by atoms with Crippen molar-refractivity contribution in [3.05, 3.63) is 71.8 Å². The van der Waals surface area contributed by atoms with Crippen molar-refractivity contribution in [2.75, 3.05) is 13.1 Å². The lowest BCUT2D eigenvalue weighted by molar-refractivity contribution is 0.356. The molecule has 0 spiro atoms. The van der Waals surface area contributed by atoms with Gasteiger partial charge in [0.1, 0.15) is 0 Å². The van der Waals surface area contributed by atoms with Crippen LogP contribution >= 0.6 is 0 Å². The van der Waals surface area contributed by atoms with E-state index in [4.69, 9.17) is 5.73 Å². The van der Waals surface area contributed by atoms with Crippen molar-refractivity contribution in [3.8, 4) is 0 Å². The minimum absolute atomic E-state index is 0.214. The monoisotopic (exact) mass is 293 g/mol. The van der Waals surface area contributed by atoms with E-state index in [2.05, 4.69) is 64.5 Å². The molecule has 1 aliphatic rings. The molecular weight excluding hydrogens is 270 g/mol. The van der Waals surface area contributed by atoms with E-state index in [1.807, 2.05) is 6.07 Å². The van der Waals surface area contributed by atoms with Crippen LogP contribution in [0.15, 0.2) is 65.7 Å². The first-order valence-corrected chi connectivity index (χ1v) is 8.00. The van der Waals surface area contributed by atoms with Gasteiger partial charge in [0, 0.05) is 13.1 Å². The molecule has 0 aromatic heterocycles. The van der Waals surface area contributed by atoms with E-state index in [0.29, 0.717) is 5.96 Å². The summed E-state index contributed by atoms with van der Waals surface area (Å²) in [6, 6.07) is 21.2. The molecule has 114 valence electrons. The van der Waals surface area contributed by atoms with Gasteiger partial charge in [-0.25, -0.2) is 4.99 Å². The maximum absolute atomic E-state index is 6.16. The smallest absolute Gasteiger partial charge is 0.191 e. The normalized spacial score (nSPS) is 18.1. The zero-order valence-corrected chi connectivity index (χ0v) is 12.9. The average molecular weight is 293 g/mol. The fourth-order valence-electron chi connectivity index (χ4n) is 2.96. The van der Waals surface area contributed by atoms with Gasteiger partial charge in [0.15, 0.2) is 5.96 Å². The second kappa shape index (κ2) is 7.12. The van der Waals surface area contributed by atoms with Crippen molar-refractivity contribution in [2.45, 2.75) is 25.3 Å².